The number of aromatic nitrogens is 2. The maximum absolute atomic E-state index is 5.90. The maximum Gasteiger partial charge on any atom is 0.158 e. The smallest absolute Gasteiger partial charge is 0.158 e. The van der Waals surface area contributed by atoms with Crippen LogP contribution in [-0.2, 0) is 11.3 Å². The normalized spacial score (nSPS) is 10.8. The minimum Gasteiger partial charge on any atom is -0.374 e. The van der Waals surface area contributed by atoms with Crippen LogP contribution in [0.4, 0.5) is 5.82 Å². The minimum absolute atomic E-state index is 0.396. The van der Waals surface area contributed by atoms with Crippen molar-refractivity contribution in [1.29, 1.82) is 0 Å². The summed E-state index contributed by atoms with van der Waals surface area (Å²) in [6.45, 7) is 8.11. The zero-order valence-electron chi connectivity index (χ0n) is 9.96. The van der Waals surface area contributed by atoms with Gasteiger partial charge in [0.05, 0.1) is 0 Å². The molecule has 90 valence electrons. The highest BCUT2D eigenvalue weighted by atomic mass is 35.5. The summed E-state index contributed by atoms with van der Waals surface area (Å²) in [4.78, 5) is 8.40. The topological polar surface area (TPSA) is 47.0 Å². The molecule has 0 spiro atoms. The number of hydrogen-bond donors (Lipinski definition) is 1. The molecule has 1 aromatic rings. The maximum atomic E-state index is 5.90. The molecule has 1 rings (SSSR count). The van der Waals surface area contributed by atoms with Gasteiger partial charge in [-0.05, 0) is 12.8 Å². The van der Waals surface area contributed by atoms with Crippen molar-refractivity contribution in [2.75, 3.05) is 18.5 Å². The van der Waals surface area contributed by atoms with Gasteiger partial charge in [-0.1, -0.05) is 25.4 Å². The van der Waals surface area contributed by atoms with E-state index < -0.39 is 0 Å². The van der Waals surface area contributed by atoms with Crippen LogP contribution in [0.3, 0.4) is 0 Å². The summed E-state index contributed by atoms with van der Waals surface area (Å²) in [5.74, 6) is 1.92. The highest BCUT2D eigenvalue weighted by molar-refractivity contribution is 6.29. The lowest BCUT2D eigenvalue weighted by atomic mass is 10.2. The third-order valence-corrected chi connectivity index (χ3v) is 2.06. The quantitative estimate of drug-likeness (QED) is 0.781. The first kappa shape index (κ1) is 13.2. The number of nitrogens with zero attached hydrogens (tertiary/aromatic N) is 2. The van der Waals surface area contributed by atoms with E-state index in [1.165, 1.54) is 0 Å². The largest absolute Gasteiger partial charge is 0.374 e. The minimum atomic E-state index is 0.396. The fourth-order valence-electron chi connectivity index (χ4n) is 1.12. The molecule has 4 nitrogen and oxygen atoms in total. The highest BCUT2D eigenvalue weighted by Crippen LogP contribution is 2.12. The van der Waals surface area contributed by atoms with Crippen molar-refractivity contribution in [3.63, 3.8) is 0 Å². The highest BCUT2D eigenvalue weighted by Gasteiger charge is 2.03. The number of nitrogens with one attached hydrogen (secondary N) is 1. The van der Waals surface area contributed by atoms with Crippen LogP contribution >= 0.6 is 11.6 Å². The monoisotopic (exact) mass is 243 g/mol. The van der Waals surface area contributed by atoms with E-state index in [0.717, 1.165) is 12.4 Å². The number of halogens is 1. The summed E-state index contributed by atoms with van der Waals surface area (Å²) in [7, 11) is 0. The van der Waals surface area contributed by atoms with Gasteiger partial charge in [0, 0.05) is 19.2 Å². The Hall–Kier alpha value is -0.870. The van der Waals surface area contributed by atoms with Crippen molar-refractivity contribution in [2.24, 2.45) is 5.92 Å². The van der Waals surface area contributed by atoms with Gasteiger partial charge in [-0.2, -0.15) is 0 Å². The summed E-state index contributed by atoms with van der Waals surface area (Å²) >= 11 is 5.90. The van der Waals surface area contributed by atoms with E-state index in [0.29, 0.717) is 30.1 Å². The van der Waals surface area contributed by atoms with Crippen LogP contribution in [0.5, 0.6) is 0 Å². The van der Waals surface area contributed by atoms with Gasteiger partial charge in [0.15, 0.2) is 5.82 Å². The Balaban J connectivity index is 2.65. The second kappa shape index (κ2) is 6.66. The molecule has 16 heavy (non-hydrogen) atoms. The first-order chi connectivity index (χ1) is 7.61. The molecule has 0 fully saturated rings. The third kappa shape index (κ3) is 4.77. The molecule has 0 aromatic carbocycles. The summed E-state index contributed by atoms with van der Waals surface area (Å²) < 4.78 is 5.24. The molecule has 5 heteroatoms. The van der Waals surface area contributed by atoms with Crippen LogP contribution in [-0.4, -0.2) is 23.1 Å². The van der Waals surface area contributed by atoms with Crippen molar-refractivity contribution < 1.29 is 4.74 Å². The van der Waals surface area contributed by atoms with Gasteiger partial charge in [0.1, 0.15) is 17.6 Å². The van der Waals surface area contributed by atoms with Crippen molar-refractivity contribution in [1.82, 2.24) is 9.97 Å². The first-order valence-corrected chi connectivity index (χ1v) is 5.84. The number of rotatable bonds is 6. The molecule has 0 radical (unpaired) electrons. The Morgan fingerprint density at radius 1 is 1.44 bits per heavy atom. The Labute approximate surface area is 101 Å². The predicted octanol–water partition coefficient (Wildman–Crippen LogP) is 2.73. The Kier molecular flexibility index (Phi) is 5.49. The zero-order chi connectivity index (χ0) is 12.0. The van der Waals surface area contributed by atoms with E-state index in [1.54, 1.807) is 6.07 Å². The van der Waals surface area contributed by atoms with Gasteiger partial charge in [0.25, 0.3) is 0 Å². The van der Waals surface area contributed by atoms with Gasteiger partial charge >= 0.3 is 0 Å². The molecule has 0 aliphatic heterocycles. The Morgan fingerprint density at radius 3 is 2.81 bits per heavy atom. The first-order valence-electron chi connectivity index (χ1n) is 5.47. The van der Waals surface area contributed by atoms with Gasteiger partial charge in [0.2, 0.25) is 0 Å². The standard InChI is InChI=1S/C11H18ClN3O/c1-4-16-7-11-14-9(12)5-10(15-11)13-6-8(2)3/h5,8H,4,6-7H2,1-3H3,(H,13,14,15). The van der Waals surface area contributed by atoms with Crippen LogP contribution in [0.25, 0.3) is 0 Å². The molecule has 0 aliphatic rings. The lowest BCUT2D eigenvalue weighted by Gasteiger charge is -2.09. The predicted molar refractivity (Wildman–Crippen MR) is 65.7 cm³/mol. The Morgan fingerprint density at radius 2 is 2.19 bits per heavy atom. The van der Waals surface area contributed by atoms with Crippen molar-refractivity contribution in [3.8, 4) is 0 Å². The summed E-state index contributed by atoms with van der Waals surface area (Å²) in [5.41, 5.74) is 0. The lowest BCUT2D eigenvalue weighted by molar-refractivity contribution is 0.128. The lowest BCUT2D eigenvalue weighted by Crippen LogP contribution is -2.11. The summed E-state index contributed by atoms with van der Waals surface area (Å²) in [6, 6.07) is 1.72. The van der Waals surface area contributed by atoms with Gasteiger partial charge < -0.3 is 10.1 Å². The van der Waals surface area contributed by atoms with Crippen molar-refractivity contribution >= 4 is 17.4 Å². The van der Waals surface area contributed by atoms with E-state index in [1.807, 2.05) is 6.92 Å². The number of ether oxygens (including phenoxy) is 1. The molecule has 0 bridgehead atoms. The molecule has 0 aliphatic carbocycles. The SMILES string of the molecule is CCOCc1nc(Cl)cc(NCC(C)C)n1. The fourth-order valence-corrected chi connectivity index (χ4v) is 1.32. The number of hydrogen-bond acceptors (Lipinski definition) is 4. The van der Waals surface area contributed by atoms with Gasteiger partial charge in [-0.25, -0.2) is 9.97 Å². The van der Waals surface area contributed by atoms with E-state index >= 15 is 0 Å². The second-order valence-electron chi connectivity index (χ2n) is 3.90. The molecule has 0 saturated carbocycles. The summed E-state index contributed by atoms with van der Waals surface area (Å²) in [6.07, 6.45) is 0. The molecule has 0 unspecified atom stereocenters. The Bertz CT molecular complexity index is 331. The zero-order valence-corrected chi connectivity index (χ0v) is 10.7. The molecule has 1 aromatic heterocycles. The third-order valence-electron chi connectivity index (χ3n) is 1.87. The summed E-state index contributed by atoms with van der Waals surface area (Å²) in [5, 5.41) is 3.65. The molecule has 0 atom stereocenters. The van der Waals surface area contributed by atoms with E-state index in [-0.39, 0.29) is 0 Å². The molecule has 1 heterocycles. The molecule has 0 saturated heterocycles. The number of anilines is 1. The van der Waals surface area contributed by atoms with Gasteiger partial charge in [-0.3, -0.25) is 0 Å². The fraction of sp³-hybridized carbons (Fsp3) is 0.636. The van der Waals surface area contributed by atoms with Crippen molar-refractivity contribution in [3.05, 3.63) is 17.0 Å². The van der Waals surface area contributed by atoms with Crippen molar-refractivity contribution in [2.45, 2.75) is 27.4 Å². The molecule has 1 N–H and O–H groups in total. The van der Waals surface area contributed by atoms with Crippen LogP contribution in [0, 0.1) is 5.92 Å². The van der Waals surface area contributed by atoms with E-state index in [4.69, 9.17) is 16.3 Å². The average Bonchev–Trinajstić information content (AvgIpc) is 2.23. The van der Waals surface area contributed by atoms with E-state index in [2.05, 4.69) is 29.1 Å². The average molecular weight is 244 g/mol. The second-order valence-corrected chi connectivity index (χ2v) is 4.29. The van der Waals surface area contributed by atoms with Crippen LogP contribution in [0.2, 0.25) is 5.15 Å². The van der Waals surface area contributed by atoms with E-state index in [9.17, 15) is 0 Å². The van der Waals surface area contributed by atoms with Gasteiger partial charge in [-0.15, -0.1) is 0 Å². The van der Waals surface area contributed by atoms with Crippen LogP contribution < -0.4 is 5.32 Å². The van der Waals surface area contributed by atoms with Crippen LogP contribution in [0.1, 0.15) is 26.6 Å². The molecular formula is C11H18ClN3O. The van der Waals surface area contributed by atoms with Crippen LogP contribution in [0.15, 0.2) is 6.07 Å². The molecule has 0 amide bonds. The molecular weight excluding hydrogens is 226 g/mol.